The molecule has 0 saturated heterocycles. The second-order valence-corrected chi connectivity index (χ2v) is 6.57. The summed E-state index contributed by atoms with van der Waals surface area (Å²) >= 11 is 12.3. The maximum Gasteiger partial charge on any atom is 0.232 e. The minimum atomic E-state index is -0.549. The van der Waals surface area contributed by atoms with Gasteiger partial charge in [-0.1, -0.05) is 47.5 Å². The number of hydrogen-bond donors (Lipinski definition) is 1. The van der Waals surface area contributed by atoms with Crippen LogP contribution in [0.2, 0.25) is 10.0 Å². The third-order valence-electron chi connectivity index (χ3n) is 3.96. The predicted octanol–water partition coefficient (Wildman–Crippen LogP) is 5.49. The van der Waals surface area contributed by atoms with E-state index >= 15 is 0 Å². The largest absolute Gasteiger partial charge is 0.323 e. The van der Waals surface area contributed by atoms with Crippen molar-refractivity contribution in [2.75, 3.05) is 5.32 Å². The summed E-state index contributed by atoms with van der Waals surface area (Å²) in [6, 6.07) is 14.6. The van der Waals surface area contributed by atoms with Crippen LogP contribution in [0.15, 0.2) is 67.0 Å². The molecule has 3 rings (SSSR count). The number of aromatic nitrogens is 1. The predicted molar refractivity (Wildman–Crippen MR) is 102 cm³/mol. The van der Waals surface area contributed by atoms with Crippen molar-refractivity contribution in [3.63, 3.8) is 0 Å². The zero-order chi connectivity index (χ0) is 18.5. The molecule has 1 N–H and O–H groups in total. The molecule has 1 amide bonds. The van der Waals surface area contributed by atoms with E-state index in [1.807, 2.05) is 6.07 Å². The standard InChI is InChI=1S/C20H15Cl2FN2O/c21-17-4-1-5-18(22)19(17)25-20(26)16(11-13-3-2-10-24-12-13)14-6-8-15(23)9-7-14/h1-10,12,16H,11H2,(H,25,26). The molecule has 1 atom stereocenters. The fraction of sp³-hybridized carbons (Fsp3) is 0.100. The molecular weight excluding hydrogens is 374 g/mol. The van der Waals surface area contributed by atoms with E-state index in [4.69, 9.17) is 23.2 Å². The highest BCUT2D eigenvalue weighted by molar-refractivity contribution is 6.39. The Bertz CT molecular complexity index is 881. The molecule has 3 aromatic rings. The Labute approximate surface area is 160 Å². The summed E-state index contributed by atoms with van der Waals surface area (Å²) in [5.74, 6) is -1.19. The molecule has 1 heterocycles. The molecule has 0 bridgehead atoms. The molecule has 2 aromatic carbocycles. The van der Waals surface area contributed by atoms with Crippen LogP contribution in [0.25, 0.3) is 0 Å². The number of halogens is 3. The summed E-state index contributed by atoms with van der Waals surface area (Å²) in [5, 5.41) is 3.50. The van der Waals surface area contributed by atoms with E-state index in [0.717, 1.165) is 5.56 Å². The Balaban J connectivity index is 1.91. The van der Waals surface area contributed by atoms with Gasteiger partial charge in [0.2, 0.25) is 5.91 Å². The minimum Gasteiger partial charge on any atom is -0.323 e. The number of rotatable bonds is 5. The number of anilines is 1. The zero-order valence-electron chi connectivity index (χ0n) is 13.6. The van der Waals surface area contributed by atoms with Gasteiger partial charge in [-0.05, 0) is 47.9 Å². The highest BCUT2D eigenvalue weighted by Crippen LogP contribution is 2.31. The number of pyridine rings is 1. The number of carbonyl (C=O) groups excluding carboxylic acids is 1. The van der Waals surface area contributed by atoms with Crippen LogP contribution in [0.4, 0.5) is 10.1 Å². The molecule has 3 nitrogen and oxygen atoms in total. The van der Waals surface area contributed by atoms with Crippen LogP contribution in [0.3, 0.4) is 0 Å². The lowest BCUT2D eigenvalue weighted by molar-refractivity contribution is -0.117. The first-order valence-corrected chi connectivity index (χ1v) is 8.69. The van der Waals surface area contributed by atoms with E-state index < -0.39 is 5.92 Å². The van der Waals surface area contributed by atoms with Crippen LogP contribution in [0.1, 0.15) is 17.0 Å². The zero-order valence-corrected chi connectivity index (χ0v) is 15.1. The van der Waals surface area contributed by atoms with E-state index in [1.165, 1.54) is 12.1 Å². The number of nitrogens with zero attached hydrogens (tertiary/aromatic N) is 1. The first-order chi connectivity index (χ1) is 12.5. The van der Waals surface area contributed by atoms with Gasteiger partial charge in [0.25, 0.3) is 0 Å². The molecule has 132 valence electrons. The number of carbonyl (C=O) groups is 1. The fourth-order valence-electron chi connectivity index (χ4n) is 2.64. The van der Waals surface area contributed by atoms with E-state index in [-0.39, 0.29) is 11.7 Å². The normalized spacial score (nSPS) is 11.8. The molecular formula is C20H15Cl2FN2O. The van der Waals surface area contributed by atoms with E-state index in [1.54, 1.807) is 48.8 Å². The van der Waals surface area contributed by atoms with Gasteiger partial charge in [-0.15, -0.1) is 0 Å². The van der Waals surface area contributed by atoms with Gasteiger partial charge in [0.15, 0.2) is 0 Å². The fourth-order valence-corrected chi connectivity index (χ4v) is 3.13. The molecule has 0 aliphatic carbocycles. The number of hydrogen-bond acceptors (Lipinski definition) is 2. The molecule has 6 heteroatoms. The molecule has 26 heavy (non-hydrogen) atoms. The third kappa shape index (κ3) is 4.40. The summed E-state index contributed by atoms with van der Waals surface area (Å²) in [7, 11) is 0. The molecule has 0 spiro atoms. The van der Waals surface area contributed by atoms with Gasteiger partial charge < -0.3 is 5.32 Å². The van der Waals surface area contributed by atoms with Crippen molar-refractivity contribution in [1.29, 1.82) is 0 Å². The van der Waals surface area contributed by atoms with Crippen molar-refractivity contribution < 1.29 is 9.18 Å². The molecule has 1 unspecified atom stereocenters. The first kappa shape index (κ1) is 18.4. The van der Waals surface area contributed by atoms with Gasteiger partial charge in [0, 0.05) is 12.4 Å². The highest BCUT2D eigenvalue weighted by atomic mass is 35.5. The average Bonchev–Trinajstić information content (AvgIpc) is 2.64. The third-order valence-corrected chi connectivity index (χ3v) is 4.59. The van der Waals surface area contributed by atoms with Crippen LogP contribution in [0.5, 0.6) is 0 Å². The molecule has 0 fully saturated rings. The number of benzene rings is 2. The van der Waals surface area contributed by atoms with Crippen molar-refractivity contribution in [2.45, 2.75) is 12.3 Å². The SMILES string of the molecule is O=C(Nc1c(Cl)cccc1Cl)C(Cc1cccnc1)c1ccc(F)cc1. The van der Waals surface area contributed by atoms with Crippen LogP contribution in [0, 0.1) is 5.82 Å². The van der Waals surface area contributed by atoms with Gasteiger partial charge >= 0.3 is 0 Å². The number of amides is 1. The second kappa shape index (κ2) is 8.30. The Hall–Kier alpha value is -2.43. The lowest BCUT2D eigenvalue weighted by atomic mass is 9.91. The quantitative estimate of drug-likeness (QED) is 0.627. The number of nitrogens with one attached hydrogen (secondary N) is 1. The summed E-state index contributed by atoms with van der Waals surface area (Å²) in [4.78, 5) is 17.0. The maximum atomic E-state index is 13.3. The first-order valence-electron chi connectivity index (χ1n) is 7.94. The summed E-state index contributed by atoms with van der Waals surface area (Å²) in [6.45, 7) is 0. The van der Waals surface area contributed by atoms with Crippen LogP contribution < -0.4 is 5.32 Å². The topological polar surface area (TPSA) is 42.0 Å². The molecule has 0 saturated carbocycles. The van der Waals surface area contributed by atoms with Gasteiger partial charge in [-0.25, -0.2) is 4.39 Å². The smallest absolute Gasteiger partial charge is 0.232 e. The van der Waals surface area contributed by atoms with Crippen molar-refractivity contribution >= 4 is 34.8 Å². The number of para-hydroxylation sites is 1. The van der Waals surface area contributed by atoms with E-state index in [2.05, 4.69) is 10.3 Å². The Morgan fingerprint density at radius 2 is 1.73 bits per heavy atom. The Morgan fingerprint density at radius 3 is 2.35 bits per heavy atom. The van der Waals surface area contributed by atoms with Crippen molar-refractivity contribution in [1.82, 2.24) is 4.98 Å². The lowest BCUT2D eigenvalue weighted by Gasteiger charge is -2.18. The second-order valence-electron chi connectivity index (χ2n) is 5.76. The van der Waals surface area contributed by atoms with Crippen LogP contribution in [-0.4, -0.2) is 10.9 Å². The molecule has 0 radical (unpaired) electrons. The van der Waals surface area contributed by atoms with E-state index in [0.29, 0.717) is 27.7 Å². The Morgan fingerprint density at radius 1 is 1.04 bits per heavy atom. The van der Waals surface area contributed by atoms with Crippen LogP contribution in [-0.2, 0) is 11.2 Å². The summed E-state index contributed by atoms with van der Waals surface area (Å²) in [5.41, 5.74) is 1.94. The van der Waals surface area contributed by atoms with Crippen molar-refractivity contribution in [3.8, 4) is 0 Å². The van der Waals surface area contributed by atoms with Crippen molar-refractivity contribution in [3.05, 3.63) is 94.0 Å². The minimum absolute atomic E-state index is 0.282. The Kier molecular flexibility index (Phi) is 5.86. The van der Waals surface area contributed by atoms with E-state index in [9.17, 15) is 9.18 Å². The maximum absolute atomic E-state index is 13.3. The molecule has 1 aromatic heterocycles. The van der Waals surface area contributed by atoms with Gasteiger partial charge in [-0.2, -0.15) is 0 Å². The van der Waals surface area contributed by atoms with Gasteiger partial charge in [-0.3, -0.25) is 9.78 Å². The van der Waals surface area contributed by atoms with Crippen molar-refractivity contribution in [2.24, 2.45) is 0 Å². The monoisotopic (exact) mass is 388 g/mol. The van der Waals surface area contributed by atoms with Gasteiger partial charge in [0.05, 0.1) is 21.7 Å². The summed E-state index contributed by atoms with van der Waals surface area (Å²) < 4.78 is 13.3. The average molecular weight is 389 g/mol. The molecule has 0 aliphatic rings. The van der Waals surface area contributed by atoms with Crippen LogP contribution >= 0.6 is 23.2 Å². The summed E-state index contributed by atoms with van der Waals surface area (Å²) in [6.07, 6.45) is 3.78. The highest BCUT2D eigenvalue weighted by Gasteiger charge is 2.23. The van der Waals surface area contributed by atoms with Gasteiger partial charge in [0.1, 0.15) is 5.82 Å². The molecule has 0 aliphatic heterocycles. The lowest BCUT2D eigenvalue weighted by Crippen LogP contribution is -2.23.